The molecule has 3 saturated heterocycles. The maximum Gasteiger partial charge on any atom is 0.349 e. The van der Waals surface area contributed by atoms with Gasteiger partial charge in [-0.3, -0.25) is 4.90 Å². The number of amidine groups is 1. The first-order valence-electron chi connectivity index (χ1n) is 17.6. The molecule has 1 aromatic heterocycles. The molecule has 9 nitrogen and oxygen atoms in total. The van der Waals surface area contributed by atoms with Crippen molar-refractivity contribution in [1.29, 1.82) is 0 Å². The van der Waals surface area contributed by atoms with E-state index in [9.17, 15) is 9.18 Å². The second-order valence-corrected chi connectivity index (χ2v) is 15.1. The van der Waals surface area contributed by atoms with Gasteiger partial charge in [0.15, 0.2) is 6.79 Å². The third kappa shape index (κ3) is 6.05. The van der Waals surface area contributed by atoms with Crippen LogP contribution in [0.4, 0.5) is 14.5 Å². The maximum atomic E-state index is 15.7. The summed E-state index contributed by atoms with van der Waals surface area (Å²) < 4.78 is 54.5. The predicted molar refractivity (Wildman–Crippen MR) is 190 cm³/mol. The molecular weight excluding hydrogens is 642 g/mol. The Hall–Kier alpha value is -3.98. The Labute approximate surface area is 292 Å². The van der Waals surface area contributed by atoms with E-state index in [0.29, 0.717) is 77.4 Å². The highest BCUT2D eigenvalue weighted by molar-refractivity contribution is 6.07. The zero-order chi connectivity index (χ0) is 35.4. The predicted octanol–water partition coefficient (Wildman–Crippen LogP) is 6.48. The van der Waals surface area contributed by atoms with E-state index in [1.165, 1.54) is 13.2 Å². The van der Waals surface area contributed by atoms with Crippen LogP contribution in [0.5, 0.6) is 5.75 Å². The highest BCUT2D eigenvalue weighted by atomic mass is 19.1. The molecule has 0 saturated carbocycles. The minimum atomic E-state index is -0.897. The molecule has 3 fully saturated rings. The monoisotopic (exact) mass is 688 g/mol. The van der Waals surface area contributed by atoms with E-state index in [-0.39, 0.29) is 18.5 Å². The summed E-state index contributed by atoms with van der Waals surface area (Å²) in [5.41, 5.74) is 0.332. The number of aliphatic imine (C=N–C) groups is 1. The van der Waals surface area contributed by atoms with Crippen LogP contribution in [0.2, 0.25) is 0 Å². The highest BCUT2D eigenvalue weighted by Gasteiger charge is 2.50. The van der Waals surface area contributed by atoms with Crippen molar-refractivity contribution in [2.75, 3.05) is 51.6 Å². The van der Waals surface area contributed by atoms with Crippen molar-refractivity contribution in [3.63, 3.8) is 0 Å². The van der Waals surface area contributed by atoms with Gasteiger partial charge in [0.2, 0.25) is 6.35 Å². The zero-order valence-corrected chi connectivity index (χ0v) is 29.6. The molecule has 0 radical (unpaired) electrons. The summed E-state index contributed by atoms with van der Waals surface area (Å²) in [5, 5.41) is 0.889. The van der Waals surface area contributed by atoms with E-state index < -0.39 is 35.0 Å². The third-order valence-corrected chi connectivity index (χ3v) is 10.7. The number of benzene rings is 2. The molecule has 3 aromatic rings. The lowest BCUT2D eigenvalue weighted by Gasteiger charge is -2.47. The fourth-order valence-electron chi connectivity index (χ4n) is 8.45. The van der Waals surface area contributed by atoms with E-state index >= 15 is 4.39 Å². The fraction of sp³-hybridized carbons (Fsp3) is 0.538. The number of alkyl halides is 1. The molecule has 4 atom stereocenters. The normalized spacial score (nSPS) is 25.4. The van der Waals surface area contributed by atoms with Gasteiger partial charge in [-0.1, -0.05) is 12.1 Å². The van der Waals surface area contributed by atoms with Gasteiger partial charge in [-0.05, 0) is 83.5 Å². The summed E-state index contributed by atoms with van der Waals surface area (Å²) in [4.78, 5) is 25.9. The second-order valence-electron chi connectivity index (χ2n) is 15.1. The van der Waals surface area contributed by atoms with Crippen molar-refractivity contribution in [1.82, 2.24) is 9.80 Å². The first kappa shape index (κ1) is 34.5. The molecule has 2 aromatic carbocycles. The Morgan fingerprint density at radius 3 is 2.76 bits per heavy atom. The maximum absolute atomic E-state index is 15.7. The first-order valence-corrected chi connectivity index (χ1v) is 17.6. The number of ether oxygens (including phenoxy) is 3. The molecule has 0 bridgehead atoms. The quantitative estimate of drug-likeness (QED) is 0.206. The second kappa shape index (κ2) is 13.3. The van der Waals surface area contributed by atoms with E-state index in [1.54, 1.807) is 24.3 Å². The van der Waals surface area contributed by atoms with Crippen molar-refractivity contribution < 1.29 is 27.4 Å². The molecule has 5 heterocycles. The number of rotatable bonds is 7. The van der Waals surface area contributed by atoms with Crippen LogP contribution < -0.4 is 15.3 Å². The van der Waals surface area contributed by atoms with Crippen LogP contribution in [0.25, 0.3) is 22.1 Å². The average molecular weight is 689 g/mol. The van der Waals surface area contributed by atoms with E-state index in [4.69, 9.17) is 30.0 Å². The number of terminal acetylenes is 1. The first-order chi connectivity index (χ1) is 23.9. The van der Waals surface area contributed by atoms with Gasteiger partial charge >= 0.3 is 5.63 Å². The van der Waals surface area contributed by atoms with Crippen molar-refractivity contribution in [2.45, 2.75) is 83.4 Å². The number of likely N-dealkylation sites (tertiary alicyclic amines) is 1. The molecule has 0 amide bonds. The molecule has 266 valence electrons. The van der Waals surface area contributed by atoms with E-state index in [1.807, 2.05) is 32.6 Å². The Morgan fingerprint density at radius 1 is 1.18 bits per heavy atom. The summed E-state index contributed by atoms with van der Waals surface area (Å²) in [6.45, 7) is 10.7. The number of nitrogens with zero attached hydrogens (tertiary/aromatic N) is 4. The minimum Gasteiger partial charge on any atom is -0.468 e. The van der Waals surface area contributed by atoms with E-state index in [2.05, 4.69) is 15.7 Å². The van der Waals surface area contributed by atoms with Gasteiger partial charge in [-0.2, -0.15) is 0 Å². The van der Waals surface area contributed by atoms with Crippen LogP contribution in [0.1, 0.15) is 64.0 Å². The summed E-state index contributed by atoms with van der Waals surface area (Å²) in [5.74, 6) is 3.56. The van der Waals surface area contributed by atoms with Crippen molar-refractivity contribution in [3.8, 4) is 29.4 Å². The van der Waals surface area contributed by atoms with Crippen LogP contribution in [0.3, 0.4) is 0 Å². The Balaban J connectivity index is 1.42. The Bertz CT molecular complexity index is 1920. The van der Waals surface area contributed by atoms with Gasteiger partial charge in [-0.15, -0.1) is 12.3 Å². The molecule has 4 aliphatic rings. The molecule has 2 unspecified atom stereocenters. The number of hydrogen-bond acceptors (Lipinski definition) is 9. The number of piperidine rings is 1. The molecule has 50 heavy (non-hydrogen) atoms. The Kier molecular flexibility index (Phi) is 9.16. The lowest BCUT2D eigenvalue weighted by Crippen LogP contribution is -2.56. The van der Waals surface area contributed by atoms with Crippen LogP contribution in [0, 0.1) is 31.0 Å². The topological polar surface area (TPSA) is 80.0 Å². The number of halogens is 2. The lowest BCUT2D eigenvalue weighted by molar-refractivity contribution is -0.0179. The van der Waals surface area contributed by atoms with Gasteiger partial charge in [0.05, 0.1) is 12.3 Å². The molecular formula is C39H46F2N4O5. The zero-order valence-electron chi connectivity index (χ0n) is 29.6. The minimum absolute atomic E-state index is 0.00239. The summed E-state index contributed by atoms with van der Waals surface area (Å²) >= 11 is 0. The van der Waals surface area contributed by atoms with Gasteiger partial charge in [0.1, 0.15) is 34.9 Å². The molecule has 0 aliphatic carbocycles. The number of anilines is 1. The number of hydrogen-bond donors (Lipinski definition) is 0. The lowest BCUT2D eigenvalue weighted by atomic mass is 9.93. The van der Waals surface area contributed by atoms with Gasteiger partial charge in [-0.25, -0.2) is 18.6 Å². The average Bonchev–Trinajstić information content (AvgIpc) is 3.62. The van der Waals surface area contributed by atoms with Crippen molar-refractivity contribution >= 4 is 22.3 Å². The van der Waals surface area contributed by atoms with Gasteiger partial charge < -0.3 is 28.4 Å². The Morgan fingerprint density at radius 2 is 2.00 bits per heavy atom. The van der Waals surface area contributed by atoms with Gasteiger partial charge in [0, 0.05) is 66.7 Å². The summed E-state index contributed by atoms with van der Waals surface area (Å²) in [6, 6.07) is 8.22. The standard InChI is InChI=1S/C39H46F2N4O5/c1-7-25-11-9-15-43(20-25)35-32-33(45(38(3,4)5)37(42-35)48-22-39-14-10-16-44(39)21-27(40)19-39)24(2)34(50-36(32)46)29-18-28(49-23-47-6)17-26-12-8-13-30(41)31(26)29/h1,8,12-13,17-18,25,27,37H,9-11,14-16,19-23H2,2-6H3/t25?,27-,37?,39+/m1/s1. The van der Waals surface area contributed by atoms with Crippen molar-refractivity contribution in [3.05, 3.63) is 57.7 Å². The van der Waals surface area contributed by atoms with Crippen LogP contribution in [-0.2, 0) is 9.47 Å². The molecule has 0 N–H and O–H groups in total. The van der Waals surface area contributed by atoms with Crippen LogP contribution >= 0.6 is 0 Å². The fourth-order valence-corrected chi connectivity index (χ4v) is 8.45. The molecule has 7 rings (SSSR count). The van der Waals surface area contributed by atoms with E-state index in [0.717, 1.165) is 32.2 Å². The summed E-state index contributed by atoms with van der Waals surface area (Å²) in [6.07, 6.45) is 8.16. The SMILES string of the molecule is C#CC1CCCN(C2=NC(OC[C@@]34CCCN3C[C@H](F)C4)N(C(C)(C)C)c3c(C)c(-c4cc(OCOC)cc5cccc(F)c45)oc(=O)c32)C1. The van der Waals surface area contributed by atoms with Crippen LogP contribution in [-0.4, -0.2) is 85.9 Å². The molecule has 4 aliphatic heterocycles. The molecule has 0 spiro atoms. The number of methoxy groups -OCH3 is 1. The highest BCUT2D eigenvalue weighted by Crippen LogP contribution is 2.45. The van der Waals surface area contributed by atoms with Crippen molar-refractivity contribution in [2.24, 2.45) is 10.9 Å². The van der Waals surface area contributed by atoms with Crippen LogP contribution in [0.15, 0.2) is 44.5 Å². The van der Waals surface area contributed by atoms with Gasteiger partial charge in [0.25, 0.3) is 0 Å². The number of fused-ring (bicyclic) bond motifs is 3. The third-order valence-electron chi connectivity index (χ3n) is 10.7. The smallest absolute Gasteiger partial charge is 0.349 e. The summed E-state index contributed by atoms with van der Waals surface area (Å²) in [7, 11) is 1.52. The largest absolute Gasteiger partial charge is 0.468 e. The molecule has 11 heteroatoms.